The van der Waals surface area contributed by atoms with Gasteiger partial charge in [0.25, 0.3) is 0 Å². The number of amides is 1. The van der Waals surface area contributed by atoms with Crippen molar-refractivity contribution >= 4 is 11.6 Å². The van der Waals surface area contributed by atoms with Gasteiger partial charge < -0.3 is 10.6 Å². The SMILES string of the molecule is CNC(C)C(=O)Nc1cccnc1. The van der Waals surface area contributed by atoms with Crippen LogP contribution in [0, 0.1) is 0 Å². The summed E-state index contributed by atoms with van der Waals surface area (Å²) in [5.74, 6) is -0.0597. The monoisotopic (exact) mass is 179 g/mol. The van der Waals surface area contributed by atoms with Crippen LogP contribution in [-0.2, 0) is 4.79 Å². The zero-order chi connectivity index (χ0) is 9.68. The second kappa shape index (κ2) is 4.57. The van der Waals surface area contributed by atoms with E-state index in [1.54, 1.807) is 38.5 Å². The van der Waals surface area contributed by atoms with E-state index in [9.17, 15) is 4.79 Å². The molecule has 1 aromatic rings. The van der Waals surface area contributed by atoms with E-state index in [1.165, 1.54) is 0 Å². The van der Waals surface area contributed by atoms with E-state index in [-0.39, 0.29) is 11.9 Å². The molecular weight excluding hydrogens is 166 g/mol. The Morgan fingerprint density at radius 3 is 2.92 bits per heavy atom. The van der Waals surface area contributed by atoms with E-state index in [4.69, 9.17) is 0 Å². The molecule has 0 saturated carbocycles. The summed E-state index contributed by atoms with van der Waals surface area (Å²) in [6.07, 6.45) is 3.28. The number of nitrogens with one attached hydrogen (secondary N) is 2. The highest BCUT2D eigenvalue weighted by molar-refractivity contribution is 5.94. The summed E-state index contributed by atoms with van der Waals surface area (Å²) in [5.41, 5.74) is 0.717. The molecule has 0 aliphatic rings. The van der Waals surface area contributed by atoms with Crippen LogP contribution in [0.5, 0.6) is 0 Å². The number of likely N-dealkylation sites (N-methyl/N-ethyl adjacent to an activating group) is 1. The van der Waals surface area contributed by atoms with Crippen LogP contribution >= 0.6 is 0 Å². The van der Waals surface area contributed by atoms with Gasteiger partial charge in [-0.2, -0.15) is 0 Å². The van der Waals surface area contributed by atoms with Crippen molar-refractivity contribution < 1.29 is 4.79 Å². The number of anilines is 1. The van der Waals surface area contributed by atoms with Crippen molar-refractivity contribution in [1.82, 2.24) is 10.3 Å². The first-order valence-electron chi connectivity index (χ1n) is 4.12. The molecule has 1 aromatic heterocycles. The zero-order valence-corrected chi connectivity index (χ0v) is 7.74. The fourth-order valence-electron chi connectivity index (χ4n) is 0.818. The van der Waals surface area contributed by atoms with Gasteiger partial charge in [-0.15, -0.1) is 0 Å². The summed E-state index contributed by atoms with van der Waals surface area (Å²) in [4.78, 5) is 15.2. The minimum absolute atomic E-state index is 0.0597. The lowest BCUT2D eigenvalue weighted by atomic mass is 10.3. The van der Waals surface area contributed by atoms with Crippen LogP contribution in [0.15, 0.2) is 24.5 Å². The average Bonchev–Trinajstić information content (AvgIpc) is 2.18. The van der Waals surface area contributed by atoms with Gasteiger partial charge in [-0.3, -0.25) is 9.78 Å². The van der Waals surface area contributed by atoms with E-state index in [1.807, 2.05) is 0 Å². The highest BCUT2D eigenvalue weighted by Gasteiger charge is 2.09. The predicted molar refractivity (Wildman–Crippen MR) is 51.4 cm³/mol. The van der Waals surface area contributed by atoms with E-state index in [0.29, 0.717) is 0 Å². The summed E-state index contributed by atoms with van der Waals surface area (Å²) in [6, 6.07) is 3.38. The second-order valence-corrected chi connectivity index (χ2v) is 2.74. The number of aromatic nitrogens is 1. The van der Waals surface area contributed by atoms with Crippen LogP contribution in [0.3, 0.4) is 0 Å². The number of carbonyl (C=O) groups excluding carboxylic acids is 1. The number of hydrogen-bond donors (Lipinski definition) is 2. The van der Waals surface area contributed by atoms with Gasteiger partial charge in [0, 0.05) is 6.20 Å². The number of nitrogens with zero attached hydrogens (tertiary/aromatic N) is 1. The number of carbonyl (C=O) groups is 1. The molecule has 1 rings (SSSR count). The molecule has 0 aromatic carbocycles. The third kappa shape index (κ3) is 2.83. The first-order chi connectivity index (χ1) is 6.24. The van der Waals surface area contributed by atoms with Gasteiger partial charge >= 0.3 is 0 Å². The minimum atomic E-state index is -0.194. The third-order valence-electron chi connectivity index (χ3n) is 1.76. The lowest BCUT2D eigenvalue weighted by Gasteiger charge is -2.10. The highest BCUT2D eigenvalue weighted by atomic mass is 16.2. The fraction of sp³-hybridized carbons (Fsp3) is 0.333. The summed E-state index contributed by atoms with van der Waals surface area (Å²) in [7, 11) is 1.74. The van der Waals surface area contributed by atoms with Crippen molar-refractivity contribution in [1.29, 1.82) is 0 Å². The Kier molecular flexibility index (Phi) is 3.40. The van der Waals surface area contributed by atoms with Crippen LogP contribution in [0.1, 0.15) is 6.92 Å². The number of rotatable bonds is 3. The molecule has 70 valence electrons. The molecule has 0 bridgehead atoms. The van der Waals surface area contributed by atoms with Gasteiger partial charge in [0.05, 0.1) is 17.9 Å². The fourth-order valence-corrected chi connectivity index (χ4v) is 0.818. The highest BCUT2D eigenvalue weighted by Crippen LogP contribution is 2.02. The van der Waals surface area contributed by atoms with Crippen molar-refractivity contribution in [2.75, 3.05) is 12.4 Å². The molecule has 1 heterocycles. The maximum Gasteiger partial charge on any atom is 0.241 e. The number of pyridine rings is 1. The van der Waals surface area contributed by atoms with Gasteiger partial charge in [-0.05, 0) is 26.1 Å². The van der Waals surface area contributed by atoms with Crippen LogP contribution < -0.4 is 10.6 Å². The molecule has 1 amide bonds. The smallest absolute Gasteiger partial charge is 0.241 e. The van der Waals surface area contributed by atoms with Crippen molar-refractivity contribution in [2.24, 2.45) is 0 Å². The molecular formula is C9H13N3O. The molecule has 0 saturated heterocycles. The standard InChI is InChI=1S/C9H13N3O/c1-7(10-2)9(13)12-8-4-3-5-11-6-8/h3-7,10H,1-2H3,(H,12,13). The molecule has 0 aliphatic carbocycles. The summed E-state index contributed by atoms with van der Waals surface area (Å²) >= 11 is 0. The first-order valence-corrected chi connectivity index (χ1v) is 4.12. The van der Waals surface area contributed by atoms with Crippen LogP contribution in [0.2, 0.25) is 0 Å². The molecule has 0 aliphatic heterocycles. The normalized spacial score (nSPS) is 12.2. The Hall–Kier alpha value is -1.42. The van der Waals surface area contributed by atoms with Crippen molar-refractivity contribution in [3.8, 4) is 0 Å². The Morgan fingerprint density at radius 2 is 2.38 bits per heavy atom. The quantitative estimate of drug-likeness (QED) is 0.715. The largest absolute Gasteiger partial charge is 0.323 e. The van der Waals surface area contributed by atoms with Crippen LogP contribution in [-0.4, -0.2) is 24.0 Å². The second-order valence-electron chi connectivity index (χ2n) is 2.74. The molecule has 4 heteroatoms. The number of hydrogen-bond acceptors (Lipinski definition) is 3. The average molecular weight is 179 g/mol. The molecule has 13 heavy (non-hydrogen) atoms. The maximum absolute atomic E-state index is 11.3. The van der Waals surface area contributed by atoms with Gasteiger partial charge in [0.15, 0.2) is 0 Å². The molecule has 0 radical (unpaired) electrons. The molecule has 0 spiro atoms. The Morgan fingerprint density at radius 1 is 1.62 bits per heavy atom. The lowest BCUT2D eigenvalue weighted by Crippen LogP contribution is -2.35. The van der Waals surface area contributed by atoms with E-state index in [0.717, 1.165) is 5.69 Å². The molecule has 2 N–H and O–H groups in total. The van der Waals surface area contributed by atoms with E-state index in [2.05, 4.69) is 15.6 Å². The Balaban J connectivity index is 2.55. The lowest BCUT2D eigenvalue weighted by molar-refractivity contribution is -0.117. The topological polar surface area (TPSA) is 54.0 Å². The first kappa shape index (κ1) is 9.67. The maximum atomic E-state index is 11.3. The Labute approximate surface area is 77.4 Å². The molecule has 1 atom stereocenters. The Bertz CT molecular complexity index is 273. The van der Waals surface area contributed by atoms with Gasteiger partial charge in [-0.25, -0.2) is 0 Å². The summed E-state index contributed by atoms with van der Waals surface area (Å²) in [6.45, 7) is 1.80. The molecule has 4 nitrogen and oxygen atoms in total. The summed E-state index contributed by atoms with van der Waals surface area (Å²) < 4.78 is 0. The van der Waals surface area contributed by atoms with E-state index >= 15 is 0 Å². The van der Waals surface area contributed by atoms with Crippen molar-refractivity contribution in [3.05, 3.63) is 24.5 Å². The zero-order valence-electron chi connectivity index (χ0n) is 7.74. The van der Waals surface area contributed by atoms with Gasteiger partial charge in [0.1, 0.15) is 0 Å². The minimum Gasteiger partial charge on any atom is -0.323 e. The van der Waals surface area contributed by atoms with Crippen molar-refractivity contribution in [2.45, 2.75) is 13.0 Å². The van der Waals surface area contributed by atoms with E-state index < -0.39 is 0 Å². The molecule has 0 fully saturated rings. The third-order valence-corrected chi connectivity index (χ3v) is 1.76. The van der Waals surface area contributed by atoms with Gasteiger partial charge in [0.2, 0.25) is 5.91 Å². The molecule has 1 unspecified atom stereocenters. The van der Waals surface area contributed by atoms with Crippen LogP contribution in [0.4, 0.5) is 5.69 Å². The van der Waals surface area contributed by atoms with Gasteiger partial charge in [-0.1, -0.05) is 0 Å². The van der Waals surface area contributed by atoms with Crippen LogP contribution in [0.25, 0.3) is 0 Å². The summed E-state index contributed by atoms with van der Waals surface area (Å²) in [5, 5.41) is 5.58. The predicted octanol–water partition coefficient (Wildman–Crippen LogP) is 0.628. The van der Waals surface area contributed by atoms with Crippen molar-refractivity contribution in [3.63, 3.8) is 0 Å².